The molecule has 0 bridgehead atoms. The summed E-state index contributed by atoms with van der Waals surface area (Å²) in [6, 6.07) is 0. The molecule has 0 aromatic rings. The van der Waals surface area contributed by atoms with Crippen LogP contribution in [0.4, 0.5) is 35.1 Å². The van der Waals surface area contributed by atoms with Crippen molar-refractivity contribution in [1.82, 2.24) is 0 Å². The fourth-order valence-electron chi connectivity index (χ4n) is 3.02. The van der Waals surface area contributed by atoms with Crippen LogP contribution in [0.1, 0.15) is 79.1 Å². The highest BCUT2D eigenvalue weighted by molar-refractivity contribution is 7.86. The maximum absolute atomic E-state index is 12.2. The van der Waals surface area contributed by atoms with E-state index in [4.69, 9.17) is 0 Å². The molecule has 0 radical (unpaired) electrons. The number of rotatable bonds is 16. The SMILES string of the molecule is CCCC[P+](CCCC)(CCCC)CCCC.O=S(=O)([O-])C(F)(F)C(F)OC(F)(F)C(F)(F)F. The molecule has 0 spiro atoms. The van der Waals surface area contributed by atoms with Crippen LogP contribution in [0.5, 0.6) is 0 Å². The van der Waals surface area contributed by atoms with Crippen LogP contribution in [0.2, 0.25) is 0 Å². The van der Waals surface area contributed by atoms with Gasteiger partial charge < -0.3 is 4.55 Å². The van der Waals surface area contributed by atoms with Gasteiger partial charge in [0.25, 0.3) is 6.36 Å². The van der Waals surface area contributed by atoms with Crippen molar-refractivity contribution in [1.29, 1.82) is 0 Å². The average Bonchev–Trinajstić information content (AvgIpc) is 2.71. The number of hydrogen-bond acceptors (Lipinski definition) is 4. The number of ether oxygens (including phenoxy) is 1. The van der Waals surface area contributed by atoms with Crippen molar-refractivity contribution in [2.75, 3.05) is 24.6 Å². The molecule has 4 nitrogen and oxygen atoms in total. The van der Waals surface area contributed by atoms with Crippen LogP contribution in [0.3, 0.4) is 0 Å². The van der Waals surface area contributed by atoms with E-state index < -0.39 is 41.3 Å². The van der Waals surface area contributed by atoms with Gasteiger partial charge in [-0.1, -0.05) is 53.4 Å². The Morgan fingerprint density at radius 2 is 1.03 bits per heavy atom. The molecule has 0 fully saturated rings. The lowest BCUT2D eigenvalue weighted by Gasteiger charge is -2.28. The van der Waals surface area contributed by atoms with Gasteiger partial charge in [-0.3, -0.25) is 4.74 Å². The van der Waals surface area contributed by atoms with Gasteiger partial charge in [-0.25, -0.2) is 12.8 Å². The fraction of sp³-hybridized carbons (Fsp3) is 1.00. The topological polar surface area (TPSA) is 66.4 Å². The van der Waals surface area contributed by atoms with Crippen molar-refractivity contribution in [3.8, 4) is 0 Å². The molecule has 1 atom stereocenters. The Kier molecular flexibility index (Phi) is 16.6. The molecule has 0 N–H and O–H groups in total. The summed E-state index contributed by atoms with van der Waals surface area (Å²) >= 11 is 0. The normalized spacial score (nSPS) is 14.5. The molecule has 208 valence electrons. The summed E-state index contributed by atoms with van der Waals surface area (Å²) in [5, 5.41) is -6.08. The molecule has 0 amide bonds. The lowest BCUT2D eigenvalue weighted by atomic mass is 10.4. The third kappa shape index (κ3) is 12.6. The zero-order valence-corrected chi connectivity index (χ0v) is 21.8. The number of unbranched alkanes of at least 4 members (excludes halogenated alkanes) is 4. The number of hydrogen-bond donors (Lipinski definition) is 0. The highest BCUT2D eigenvalue weighted by Gasteiger charge is 2.64. The molecule has 0 aromatic carbocycles. The maximum atomic E-state index is 12.2. The van der Waals surface area contributed by atoms with Crippen LogP contribution in [-0.4, -0.2) is 61.5 Å². The van der Waals surface area contributed by atoms with Gasteiger partial charge in [-0.05, 0) is 25.7 Å². The zero-order chi connectivity index (χ0) is 27.3. The first kappa shape index (κ1) is 35.9. The third-order valence-corrected chi connectivity index (χ3v) is 11.0. The van der Waals surface area contributed by atoms with Gasteiger partial charge in [0.15, 0.2) is 10.1 Å². The minimum absolute atomic E-state index is 0.562. The zero-order valence-electron chi connectivity index (χ0n) is 20.1. The van der Waals surface area contributed by atoms with Crippen molar-refractivity contribution in [2.45, 2.75) is 103 Å². The Morgan fingerprint density at radius 1 is 0.735 bits per heavy atom. The van der Waals surface area contributed by atoms with Gasteiger partial charge >= 0.3 is 17.5 Å². The molecular formula is C20H37F8O4PS. The molecule has 0 aromatic heterocycles. The first-order valence-electron chi connectivity index (χ1n) is 11.3. The summed E-state index contributed by atoms with van der Waals surface area (Å²) in [6.45, 7) is 9.42. The Bertz CT molecular complexity index is 607. The second kappa shape index (κ2) is 15.8. The van der Waals surface area contributed by atoms with Gasteiger partial charge in [0, 0.05) is 7.26 Å². The minimum atomic E-state index is -6.80. The smallest absolute Gasteiger partial charge is 0.483 e. The molecular weight excluding hydrogens is 519 g/mol. The van der Waals surface area contributed by atoms with E-state index in [0.717, 1.165) is 0 Å². The lowest BCUT2D eigenvalue weighted by molar-refractivity contribution is -0.423. The summed E-state index contributed by atoms with van der Waals surface area (Å²) in [6.07, 6.45) is 0.0459. The molecule has 0 aliphatic heterocycles. The number of alkyl halides is 8. The Labute approximate surface area is 198 Å². The van der Waals surface area contributed by atoms with E-state index in [2.05, 4.69) is 27.7 Å². The second-order valence-corrected chi connectivity index (χ2v) is 14.0. The van der Waals surface area contributed by atoms with Crippen molar-refractivity contribution in [3.63, 3.8) is 0 Å². The van der Waals surface area contributed by atoms with Crippen molar-refractivity contribution < 1.29 is 52.8 Å². The van der Waals surface area contributed by atoms with Crippen LogP contribution in [0, 0.1) is 0 Å². The average molecular weight is 557 g/mol. The van der Waals surface area contributed by atoms with E-state index in [-0.39, 0.29) is 0 Å². The summed E-state index contributed by atoms with van der Waals surface area (Å²) in [5.74, 6) is 0. The van der Waals surface area contributed by atoms with Gasteiger partial charge in [-0.2, -0.15) is 30.7 Å². The fourth-order valence-corrected chi connectivity index (χ4v) is 8.59. The second-order valence-electron chi connectivity index (χ2n) is 8.11. The maximum Gasteiger partial charge on any atom is 0.483 e. The summed E-state index contributed by atoms with van der Waals surface area (Å²) in [7, 11) is -7.37. The molecule has 1 unspecified atom stereocenters. The quantitative estimate of drug-likeness (QED) is 0.111. The van der Waals surface area contributed by atoms with Gasteiger partial charge in [0.2, 0.25) is 0 Å². The molecule has 0 aliphatic carbocycles. The highest BCUT2D eigenvalue weighted by Crippen LogP contribution is 2.61. The minimum Gasteiger partial charge on any atom is -0.743 e. The molecule has 14 heteroatoms. The van der Waals surface area contributed by atoms with Crippen LogP contribution < -0.4 is 0 Å². The van der Waals surface area contributed by atoms with Crippen LogP contribution in [-0.2, 0) is 14.9 Å². The van der Waals surface area contributed by atoms with E-state index in [9.17, 15) is 48.1 Å². The molecule has 0 rings (SSSR count). The summed E-state index contributed by atoms with van der Waals surface area (Å²) in [4.78, 5) is 0. The van der Waals surface area contributed by atoms with Gasteiger partial charge in [-0.15, -0.1) is 0 Å². The van der Waals surface area contributed by atoms with Crippen LogP contribution in [0.25, 0.3) is 0 Å². The molecule has 0 saturated carbocycles. The van der Waals surface area contributed by atoms with Crippen molar-refractivity contribution in [2.24, 2.45) is 0 Å². The Hall–Kier alpha value is -0.260. The van der Waals surface area contributed by atoms with E-state index in [1.807, 2.05) is 4.74 Å². The largest absolute Gasteiger partial charge is 0.743 e. The summed E-state index contributed by atoms with van der Waals surface area (Å²) < 4.78 is 125. The predicted octanol–water partition coefficient (Wildman–Crippen LogP) is 7.80. The number of halogens is 8. The van der Waals surface area contributed by atoms with Gasteiger partial charge in [0.05, 0.1) is 24.6 Å². The van der Waals surface area contributed by atoms with Gasteiger partial charge in [0.1, 0.15) is 0 Å². The standard InChI is InChI=1S/C16H36P.C4H2F8O4S/c1-5-9-13-17(14-10-6-2,15-11-7-3)16-12-8-4;5-1(2(6,7)17(13,14)15)16-4(11,12)3(8,9)10/h5-16H2,1-4H3;1H,(H,13,14,15)/q+1;/p-1. The lowest BCUT2D eigenvalue weighted by Crippen LogP contribution is -2.48. The van der Waals surface area contributed by atoms with E-state index in [1.54, 1.807) is 24.6 Å². The monoisotopic (exact) mass is 556 g/mol. The first-order chi connectivity index (χ1) is 15.4. The molecule has 0 aliphatic rings. The highest BCUT2D eigenvalue weighted by atomic mass is 32.2. The Balaban J connectivity index is 0. The molecule has 34 heavy (non-hydrogen) atoms. The van der Waals surface area contributed by atoms with Crippen molar-refractivity contribution >= 4 is 17.4 Å². The van der Waals surface area contributed by atoms with E-state index >= 15 is 0 Å². The first-order valence-corrected chi connectivity index (χ1v) is 15.3. The molecule has 0 heterocycles. The van der Waals surface area contributed by atoms with Crippen LogP contribution >= 0.6 is 7.26 Å². The predicted molar refractivity (Wildman–Crippen MR) is 118 cm³/mol. The van der Waals surface area contributed by atoms with Crippen molar-refractivity contribution in [3.05, 3.63) is 0 Å². The van der Waals surface area contributed by atoms with Crippen LogP contribution in [0.15, 0.2) is 0 Å². The summed E-state index contributed by atoms with van der Waals surface area (Å²) in [5.41, 5.74) is 0. The van der Waals surface area contributed by atoms with E-state index in [0.29, 0.717) is 0 Å². The van der Waals surface area contributed by atoms with E-state index in [1.165, 1.54) is 51.4 Å². The third-order valence-electron chi connectivity index (χ3n) is 5.12. The molecule has 0 saturated heterocycles. The Morgan fingerprint density at radius 3 is 1.24 bits per heavy atom.